The molecule has 0 aromatic rings. The first-order valence-corrected chi connectivity index (χ1v) is 6.80. The van der Waals surface area contributed by atoms with Crippen molar-refractivity contribution in [3.8, 4) is 0 Å². The summed E-state index contributed by atoms with van der Waals surface area (Å²) in [5, 5.41) is 18.8. The van der Waals surface area contributed by atoms with Crippen LogP contribution in [0.3, 0.4) is 0 Å². The summed E-state index contributed by atoms with van der Waals surface area (Å²) >= 11 is 0. The second-order valence-electron chi connectivity index (χ2n) is 4.65. The molecule has 0 amide bonds. The lowest BCUT2D eigenvalue weighted by atomic mass is 9.97. The number of aliphatic hydroxyl groups is 2. The third-order valence-corrected chi connectivity index (χ3v) is 3.20. The predicted molar refractivity (Wildman–Crippen MR) is 73.9 cm³/mol. The van der Waals surface area contributed by atoms with Crippen molar-refractivity contribution in [1.82, 2.24) is 10.2 Å². The van der Waals surface area contributed by atoms with E-state index in [9.17, 15) is 4.79 Å². The van der Waals surface area contributed by atoms with Gasteiger partial charge < -0.3 is 25.1 Å². The van der Waals surface area contributed by atoms with E-state index in [1.54, 1.807) is 0 Å². The summed E-state index contributed by atoms with van der Waals surface area (Å²) in [5.74, 6) is 0.279. The molecule has 2 saturated heterocycles. The van der Waals surface area contributed by atoms with Gasteiger partial charge in [0.2, 0.25) is 0 Å². The Kier molecular flexibility index (Phi) is 12.2. The smallest absolute Gasteiger partial charge is 0.124 e. The van der Waals surface area contributed by atoms with E-state index in [0.717, 1.165) is 59.1 Å². The number of carbonyl (C=O) groups is 1. The van der Waals surface area contributed by atoms with Gasteiger partial charge in [0.15, 0.2) is 0 Å². The molecule has 3 N–H and O–H groups in total. The van der Waals surface area contributed by atoms with Gasteiger partial charge in [0, 0.05) is 38.7 Å². The highest BCUT2D eigenvalue weighted by atomic mass is 16.5. The third kappa shape index (κ3) is 9.07. The Morgan fingerprint density at radius 3 is 2.32 bits per heavy atom. The van der Waals surface area contributed by atoms with Crippen LogP contribution in [0, 0.1) is 5.92 Å². The van der Waals surface area contributed by atoms with E-state index in [-0.39, 0.29) is 12.6 Å². The zero-order valence-corrected chi connectivity index (χ0v) is 12.0. The Bertz CT molecular complexity index is 203. The van der Waals surface area contributed by atoms with Gasteiger partial charge in [0.1, 0.15) is 6.29 Å². The van der Waals surface area contributed by atoms with Crippen molar-refractivity contribution in [3.63, 3.8) is 0 Å². The summed E-state index contributed by atoms with van der Waals surface area (Å²) in [6, 6.07) is 0.612. The average Bonchev–Trinajstić information content (AvgIpc) is 2.51. The molecule has 0 bridgehead atoms. The summed E-state index contributed by atoms with van der Waals surface area (Å²) in [7, 11) is 1.00. The maximum Gasteiger partial charge on any atom is 0.124 e. The van der Waals surface area contributed by atoms with Crippen LogP contribution in [0.5, 0.6) is 0 Å². The number of hydrogen-bond acceptors (Lipinski definition) is 6. The molecule has 6 heteroatoms. The van der Waals surface area contributed by atoms with Crippen LogP contribution in [0.25, 0.3) is 0 Å². The average molecular weight is 276 g/mol. The number of piperidine rings is 1. The van der Waals surface area contributed by atoms with Crippen LogP contribution >= 0.6 is 0 Å². The Labute approximate surface area is 115 Å². The highest BCUT2D eigenvalue weighted by molar-refractivity contribution is 5.53. The Hall–Kier alpha value is -0.530. The van der Waals surface area contributed by atoms with Gasteiger partial charge in [-0.3, -0.25) is 4.90 Å². The molecule has 19 heavy (non-hydrogen) atoms. The molecular weight excluding hydrogens is 248 g/mol. The molecule has 0 aromatic heterocycles. The lowest BCUT2D eigenvalue weighted by Gasteiger charge is -2.23. The van der Waals surface area contributed by atoms with Crippen molar-refractivity contribution < 1.29 is 19.7 Å². The van der Waals surface area contributed by atoms with E-state index in [1.807, 2.05) is 4.90 Å². The second-order valence-corrected chi connectivity index (χ2v) is 4.65. The number of nitrogens with one attached hydrogen (secondary N) is 1. The number of aldehydes is 1. The first-order chi connectivity index (χ1) is 9.26. The lowest BCUT2D eigenvalue weighted by molar-refractivity contribution is -0.111. The fraction of sp³-hybridized carbons (Fsp3) is 0.923. The quantitative estimate of drug-likeness (QED) is 0.587. The molecule has 6 nitrogen and oxygen atoms in total. The molecule has 114 valence electrons. The predicted octanol–water partition coefficient (Wildman–Crippen LogP) is -0.550. The fourth-order valence-electron chi connectivity index (χ4n) is 1.88. The molecule has 0 aliphatic carbocycles. The summed E-state index contributed by atoms with van der Waals surface area (Å²) in [5.41, 5.74) is 0. The van der Waals surface area contributed by atoms with Crippen molar-refractivity contribution >= 4 is 6.29 Å². The zero-order chi connectivity index (χ0) is 14.5. The highest BCUT2D eigenvalue weighted by Crippen LogP contribution is 2.10. The van der Waals surface area contributed by atoms with Gasteiger partial charge in [-0.15, -0.1) is 0 Å². The topological polar surface area (TPSA) is 82.0 Å². The number of aliphatic hydroxyl groups excluding tert-OH is 2. The van der Waals surface area contributed by atoms with Crippen molar-refractivity contribution in [2.75, 3.05) is 46.7 Å². The van der Waals surface area contributed by atoms with Crippen LogP contribution in [-0.2, 0) is 9.53 Å². The van der Waals surface area contributed by atoms with Crippen molar-refractivity contribution in [1.29, 1.82) is 0 Å². The maximum atomic E-state index is 10.2. The molecular formula is C13H28N2O4. The molecule has 2 rings (SSSR count). The van der Waals surface area contributed by atoms with Crippen LogP contribution in [0.1, 0.15) is 19.8 Å². The van der Waals surface area contributed by atoms with E-state index in [1.165, 1.54) is 0 Å². The number of nitrogens with zero attached hydrogens (tertiary/aromatic N) is 1. The molecule has 2 heterocycles. The number of hydrogen-bond donors (Lipinski definition) is 3. The van der Waals surface area contributed by atoms with Crippen LogP contribution in [-0.4, -0.2) is 74.1 Å². The van der Waals surface area contributed by atoms with Crippen LogP contribution in [0.2, 0.25) is 0 Å². The summed E-state index contributed by atoms with van der Waals surface area (Å²) in [4.78, 5) is 12.2. The fourth-order valence-corrected chi connectivity index (χ4v) is 1.88. The van der Waals surface area contributed by atoms with Gasteiger partial charge in [-0.1, -0.05) is 0 Å². The van der Waals surface area contributed by atoms with Crippen LogP contribution in [0.4, 0.5) is 0 Å². The van der Waals surface area contributed by atoms with Gasteiger partial charge in [-0.2, -0.15) is 0 Å². The van der Waals surface area contributed by atoms with Crippen molar-refractivity contribution in [3.05, 3.63) is 0 Å². The standard InChI is InChI=1S/C7H13NO.C5H11NO2.CH4O/c1-6-2-3-7(5-9)4-8-6;7-5-6-1-3-8-4-2-6;1-2/h5-8H,2-4H2,1H3;7H,1-5H2;2H,1H3. The number of ether oxygens (including phenoxy) is 1. The van der Waals surface area contributed by atoms with Gasteiger partial charge >= 0.3 is 0 Å². The van der Waals surface area contributed by atoms with Gasteiger partial charge in [0.25, 0.3) is 0 Å². The number of rotatable bonds is 2. The van der Waals surface area contributed by atoms with E-state index < -0.39 is 0 Å². The summed E-state index contributed by atoms with van der Waals surface area (Å²) in [6.45, 7) is 6.48. The molecule has 2 fully saturated rings. The first-order valence-electron chi connectivity index (χ1n) is 6.80. The minimum Gasteiger partial charge on any atom is -0.400 e. The van der Waals surface area contributed by atoms with E-state index in [2.05, 4.69) is 12.2 Å². The largest absolute Gasteiger partial charge is 0.400 e. The SMILES string of the molecule is CC1CCC(C=O)CN1.CO.OCN1CCOCC1. The monoisotopic (exact) mass is 276 g/mol. The minimum atomic E-state index is 0.170. The van der Waals surface area contributed by atoms with Crippen molar-refractivity contribution in [2.24, 2.45) is 5.92 Å². The molecule has 0 aromatic carbocycles. The van der Waals surface area contributed by atoms with Gasteiger partial charge in [-0.25, -0.2) is 0 Å². The van der Waals surface area contributed by atoms with E-state index in [0.29, 0.717) is 6.04 Å². The summed E-state index contributed by atoms with van der Waals surface area (Å²) in [6.07, 6.45) is 3.26. The molecule has 0 radical (unpaired) electrons. The number of carbonyl (C=O) groups excluding carboxylic acids is 1. The third-order valence-electron chi connectivity index (χ3n) is 3.20. The van der Waals surface area contributed by atoms with Crippen LogP contribution < -0.4 is 5.32 Å². The normalized spacial score (nSPS) is 27.4. The van der Waals surface area contributed by atoms with Crippen LogP contribution in [0.15, 0.2) is 0 Å². The van der Waals surface area contributed by atoms with Gasteiger partial charge in [0.05, 0.1) is 19.9 Å². The summed E-state index contributed by atoms with van der Waals surface area (Å²) < 4.78 is 5.05. The van der Waals surface area contributed by atoms with Crippen molar-refractivity contribution in [2.45, 2.75) is 25.8 Å². The molecule has 2 aliphatic rings. The molecule has 2 atom stereocenters. The minimum absolute atomic E-state index is 0.170. The van der Waals surface area contributed by atoms with E-state index >= 15 is 0 Å². The molecule has 0 saturated carbocycles. The lowest BCUT2D eigenvalue weighted by Crippen LogP contribution is -2.37. The molecule has 2 unspecified atom stereocenters. The van der Waals surface area contributed by atoms with E-state index in [4.69, 9.17) is 14.9 Å². The maximum absolute atomic E-state index is 10.2. The molecule has 2 aliphatic heterocycles. The Morgan fingerprint density at radius 1 is 1.32 bits per heavy atom. The second kappa shape index (κ2) is 12.5. The zero-order valence-electron chi connectivity index (χ0n) is 12.0. The first kappa shape index (κ1) is 18.5. The Morgan fingerprint density at radius 2 is 1.95 bits per heavy atom. The molecule has 0 spiro atoms. The highest BCUT2D eigenvalue weighted by Gasteiger charge is 2.15. The number of morpholine rings is 1. The van der Waals surface area contributed by atoms with Gasteiger partial charge in [-0.05, 0) is 19.8 Å². The Balaban J connectivity index is 0.000000303.